The lowest BCUT2D eigenvalue weighted by Crippen LogP contribution is -2.28. The van der Waals surface area contributed by atoms with Crippen LogP contribution in [0.5, 0.6) is 0 Å². The van der Waals surface area contributed by atoms with Gasteiger partial charge in [-0.25, -0.2) is 9.59 Å². The molecule has 0 saturated carbocycles. The quantitative estimate of drug-likeness (QED) is 0.542. The van der Waals surface area contributed by atoms with Gasteiger partial charge in [-0.2, -0.15) is 0 Å². The van der Waals surface area contributed by atoms with Crippen LogP contribution in [0.1, 0.15) is 15.9 Å². The van der Waals surface area contributed by atoms with E-state index in [1.807, 2.05) is 30.3 Å². The average Bonchev–Trinajstić information content (AvgIpc) is 3.01. The lowest BCUT2D eigenvalue weighted by molar-refractivity contribution is -0.139. The number of benzene rings is 2. The molecule has 0 bridgehead atoms. The van der Waals surface area contributed by atoms with Crippen LogP contribution in [-0.4, -0.2) is 31.9 Å². The summed E-state index contributed by atoms with van der Waals surface area (Å²) in [7, 11) is 2.46. The molecule has 2 aromatic rings. The number of esters is 2. The van der Waals surface area contributed by atoms with Crippen molar-refractivity contribution in [2.75, 3.05) is 19.1 Å². The van der Waals surface area contributed by atoms with Crippen LogP contribution in [0.4, 0.5) is 5.69 Å². The number of ether oxygens (including phenoxy) is 2. The van der Waals surface area contributed by atoms with E-state index in [0.29, 0.717) is 11.3 Å². The highest BCUT2D eigenvalue weighted by Gasteiger charge is 2.29. The van der Waals surface area contributed by atoms with E-state index >= 15 is 0 Å². The summed E-state index contributed by atoms with van der Waals surface area (Å²) < 4.78 is 9.75. The molecule has 0 fully saturated rings. The Kier molecular flexibility index (Phi) is 6.60. The fourth-order valence-electron chi connectivity index (χ4n) is 3.15. The predicted octanol–water partition coefficient (Wildman–Crippen LogP) is 3.60. The van der Waals surface area contributed by atoms with Crippen molar-refractivity contribution in [3.8, 4) is 0 Å². The van der Waals surface area contributed by atoms with Crippen LogP contribution in [0.25, 0.3) is 0 Å². The SMILES string of the molecule is COC(=O)C1=C(C(=O)OC)N(c2ccccc2C(=O)Cc2ccccc2)C=CC=C1. The van der Waals surface area contributed by atoms with Gasteiger partial charge in [-0.05, 0) is 29.8 Å². The molecule has 6 nitrogen and oxygen atoms in total. The molecule has 30 heavy (non-hydrogen) atoms. The maximum atomic E-state index is 13.1. The Labute approximate surface area is 174 Å². The topological polar surface area (TPSA) is 72.9 Å². The third kappa shape index (κ3) is 4.38. The van der Waals surface area contributed by atoms with Crippen molar-refractivity contribution in [2.24, 2.45) is 0 Å². The average molecular weight is 403 g/mol. The Balaban J connectivity index is 2.10. The fourth-order valence-corrected chi connectivity index (χ4v) is 3.15. The smallest absolute Gasteiger partial charge is 0.355 e. The van der Waals surface area contributed by atoms with E-state index in [1.165, 1.54) is 25.2 Å². The number of allylic oxidation sites excluding steroid dienone is 2. The van der Waals surface area contributed by atoms with Gasteiger partial charge in [0.1, 0.15) is 5.70 Å². The summed E-state index contributed by atoms with van der Waals surface area (Å²) in [5, 5.41) is 0. The van der Waals surface area contributed by atoms with Crippen molar-refractivity contribution in [1.82, 2.24) is 0 Å². The molecular weight excluding hydrogens is 382 g/mol. The molecule has 0 spiro atoms. The maximum Gasteiger partial charge on any atom is 0.355 e. The summed E-state index contributed by atoms with van der Waals surface area (Å²) >= 11 is 0. The Morgan fingerprint density at radius 2 is 1.50 bits per heavy atom. The number of ketones is 1. The normalized spacial score (nSPS) is 13.1. The van der Waals surface area contributed by atoms with Crippen LogP contribution in [0.15, 0.2) is 90.3 Å². The highest BCUT2D eigenvalue weighted by Crippen LogP contribution is 2.30. The number of anilines is 1. The second kappa shape index (κ2) is 9.52. The van der Waals surface area contributed by atoms with E-state index in [2.05, 4.69) is 0 Å². The van der Waals surface area contributed by atoms with Crippen LogP contribution < -0.4 is 4.90 Å². The summed E-state index contributed by atoms with van der Waals surface area (Å²) in [6, 6.07) is 16.3. The third-order valence-corrected chi connectivity index (χ3v) is 4.56. The molecule has 152 valence electrons. The molecule has 0 saturated heterocycles. The molecule has 0 aromatic heterocycles. The van der Waals surface area contributed by atoms with Crippen molar-refractivity contribution in [1.29, 1.82) is 0 Å². The van der Waals surface area contributed by atoms with E-state index < -0.39 is 11.9 Å². The van der Waals surface area contributed by atoms with E-state index in [-0.39, 0.29) is 23.5 Å². The second-order valence-electron chi connectivity index (χ2n) is 6.42. The highest BCUT2D eigenvalue weighted by molar-refractivity contribution is 6.08. The van der Waals surface area contributed by atoms with Crippen molar-refractivity contribution in [3.63, 3.8) is 0 Å². The lowest BCUT2D eigenvalue weighted by atomic mass is 10.0. The number of carbonyl (C=O) groups excluding carboxylic acids is 3. The summed E-state index contributed by atoms with van der Waals surface area (Å²) in [5.41, 5.74) is 1.75. The Morgan fingerprint density at radius 3 is 2.20 bits per heavy atom. The monoisotopic (exact) mass is 403 g/mol. The first-order valence-electron chi connectivity index (χ1n) is 9.28. The summed E-state index contributed by atoms with van der Waals surface area (Å²) in [5.74, 6) is -1.53. The van der Waals surface area contributed by atoms with Crippen LogP contribution in [0, 0.1) is 0 Å². The third-order valence-electron chi connectivity index (χ3n) is 4.56. The van der Waals surface area contributed by atoms with Gasteiger partial charge in [-0.3, -0.25) is 4.79 Å². The van der Waals surface area contributed by atoms with Gasteiger partial charge in [0.2, 0.25) is 0 Å². The number of hydrogen-bond donors (Lipinski definition) is 0. The Morgan fingerprint density at radius 1 is 0.833 bits per heavy atom. The molecule has 0 N–H and O–H groups in total. The molecule has 3 rings (SSSR count). The molecule has 0 aliphatic carbocycles. The second-order valence-corrected chi connectivity index (χ2v) is 6.42. The van der Waals surface area contributed by atoms with Gasteiger partial charge in [0, 0.05) is 18.2 Å². The minimum Gasteiger partial charge on any atom is -0.465 e. The summed E-state index contributed by atoms with van der Waals surface area (Å²) in [6.45, 7) is 0. The van der Waals surface area contributed by atoms with Crippen molar-refractivity contribution >= 4 is 23.4 Å². The highest BCUT2D eigenvalue weighted by atomic mass is 16.5. The number of Topliss-reactive ketones (excluding diaryl/α,β-unsaturated/α-hetero) is 1. The van der Waals surface area contributed by atoms with E-state index in [1.54, 1.807) is 42.6 Å². The first kappa shape index (κ1) is 20.8. The van der Waals surface area contributed by atoms with Gasteiger partial charge in [-0.1, -0.05) is 48.5 Å². The lowest BCUT2D eigenvalue weighted by Gasteiger charge is -2.25. The number of nitrogens with zero attached hydrogens (tertiary/aromatic N) is 1. The molecular formula is C24H21NO5. The van der Waals surface area contributed by atoms with E-state index in [4.69, 9.17) is 9.47 Å². The summed E-state index contributed by atoms with van der Waals surface area (Å²) in [4.78, 5) is 39.5. The van der Waals surface area contributed by atoms with E-state index in [9.17, 15) is 14.4 Å². The zero-order chi connectivity index (χ0) is 21.5. The number of para-hydroxylation sites is 1. The number of methoxy groups -OCH3 is 2. The standard InChI is InChI=1S/C24H21NO5/c1-29-23(27)19-13-8-9-15-25(22(19)24(28)30-2)20-14-7-6-12-18(20)21(26)16-17-10-4-3-5-11-17/h3-15H,16H2,1-2H3. The number of carbonyl (C=O) groups is 3. The van der Waals surface area contributed by atoms with E-state index in [0.717, 1.165) is 5.56 Å². The Bertz CT molecular complexity index is 1050. The summed E-state index contributed by atoms with van der Waals surface area (Å²) in [6.07, 6.45) is 6.56. The molecule has 2 aromatic carbocycles. The first-order chi connectivity index (χ1) is 14.6. The van der Waals surface area contributed by atoms with Gasteiger partial charge < -0.3 is 14.4 Å². The number of rotatable bonds is 6. The predicted molar refractivity (Wildman–Crippen MR) is 113 cm³/mol. The van der Waals surface area contributed by atoms with Gasteiger partial charge in [0.05, 0.1) is 25.5 Å². The van der Waals surface area contributed by atoms with Crippen LogP contribution >= 0.6 is 0 Å². The molecule has 6 heteroatoms. The molecule has 0 unspecified atom stereocenters. The number of hydrogen-bond acceptors (Lipinski definition) is 6. The van der Waals surface area contributed by atoms with Crippen LogP contribution in [-0.2, 0) is 25.5 Å². The zero-order valence-corrected chi connectivity index (χ0v) is 16.7. The van der Waals surface area contributed by atoms with Gasteiger partial charge >= 0.3 is 11.9 Å². The molecule has 0 amide bonds. The zero-order valence-electron chi connectivity index (χ0n) is 16.7. The molecule has 0 radical (unpaired) electrons. The molecule has 1 aliphatic heterocycles. The van der Waals surface area contributed by atoms with Crippen molar-refractivity contribution < 1.29 is 23.9 Å². The van der Waals surface area contributed by atoms with Gasteiger partial charge in [0.15, 0.2) is 5.78 Å². The maximum absolute atomic E-state index is 13.1. The van der Waals surface area contributed by atoms with Crippen molar-refractivity contribution in [3.05, 3.63) is 101 Å². The molecule has 1 heterocycles. The molecule has 1 aliphatic rings. The minimum absolute atomic E-state index is 0.0275. The minimum atomic E-state index is -0.725. The fraction of sp³-hybridized carbons (Fsp3) is 0.125. The first-order valence-corrected chi connectivity index (χ1v) is 9.28. The van der Waals surface area contributed by atoms with Gasteiger partial charge in [0.25, 0.3) is 0 Å². The molecule has 0 atom stereocenters. The van der Waals surface area contributed by atoms with Gasteiger partial charge in [-0.15, -0.1) is 0 Å². The Hall–Kier alpha value is -3.93. The van der Waals surface area contributed by atoms with Crippen LogP contribution in [0.2, 0.25) is 0 Å². The largest absolute Gasteiger partial charge is 0.465 e. The van der Waals surface area contributed by atoms with Crippen molar-refractivity contribution in [2.45, 2.75) is 6.42 Å². The van der Waals surface area contributed by atoms with Crippen LogP contribution in [0.3, 0.4) is 0 Å².